The molecule has 0 saturated carbocycles. The number of rotatable bonds is 8. The van der Waals surface area contributed by atoms with Crippen LogP contribution in [-0.2, 0) is 11.3 Å². The largest absolute Gasteiger partial charge is 0.497 e. The lowest BCUT2D eigenvalue weighted by Crippen LogP contribution is -2.24. The molecule has 2 aromatic carbocycles. The summed E-state index contributed by atoms with van der Waals surface area (Å²) in [5.74, 6) is 2.89. The number of hydrogen-bond donors (Lipinski definition) is 0. The third kappa shape index (κ3) is 4.63. The first-order valence-electron chi connectivity index (χ1n) is 10.2. The van der Waals surface area contributed by atoms with Crippen molar-refractivity contribution in [1.82, 2.24) is 15.0 Å². The van der Waals surface area contributed by atoms with Gasteiger partial charge in [-0.05, 0) is 36.8 Å². The highest BCUT2D eigenvalue weighted by atomic mass is 16.5. The van der Waals surface area contributed by atoms with Gasteiger partial charge in [-0.25, -0.2) is 0 Å². The molecule has 4 rings (SSSR count). The minimum absolute atomic E-state index is 0.0645. The van der Waals surface area contributed by atoms with E-state index < -0.39 is 0 Å². The molecule has 162 valence electrons. The van der Waals surface area contributed by atoms with E-state index in [-0.39, 0.29) is 11.8 Å². The Morgan fingerprint density at radius 2 is 1.87 bits per heavy atom. The molecule has 1 amide bonds. The summed E-state index contributed by atoms with van der Waals surface area (Å²) in [6.07, 6.45) is 0.341. The summed E-state index contributed by atoms with van der Waals surface area (Å²) in [4.78, 5) is 18.9. The van der Waals surface area contributed by atoms with Crippen LogP contribution in [0.15, 0.2) is 47.0 Å². The number of carbonyl (C=O) groups excluding carboxylic acids is 1. The van der Waals surface area contributed by atoms with Crippen LogP contribution in [0.1, 0.15) is 30.7 Å². The maximum atomic E-state index is 12.6. The molecule has 8 heteroatoms. The maximum Gasteiger partial charge on any atom is 0.232 e. The molecule has 0 spiro atoms. The highest BCUT2D eigenvalue weighted by molar-refractivity contribution is 5.79. The minimum Gasteiger partial charge on any atom is -0.497 e. The summed E-state index contributed by atoms with van der Waals surface area (Å²) in [6.45, 7) is 3.60. The number of methoxy groups -OCH3 is 2. The Morgan fingerprint density at radius 3 is 2.58 bits per heavy atom. The normalized spacial score (nSPS) is 15.9. The SMILES string of the molecule is CCOc1cccc(CN2CC(c3nc(-c4cc(OC)cc(OC)c4)no3)CC2=O)c1. The molecular weight excluding hydrogens is 398 g/mol. The number of carbonyl (C=O) groups is 1. The van der Waals surface area contributed by atoms with Crippen molar-refractivity contribution in [3.63, 3.8) is 0 Å². The van der Waals surface area contributed by atoms with E-state index in [2.05, 4.69) is 10.1 Å². The Bertz CT molecular complexity index is 1040. The van der Waals surface area contributed by atoms with Gasteiger partial charge in [-0.15, -0.1) is 0 Å². The molecule has 1 unspecified atom stereocenters. The molecule has 1 aromatic heterocycles. The van der Waals surface area contributed by atoms with Crippen LogP contribution in [0.5, 0.6) is 17.2 Å². The highest BCUT2D eigenvalue weighted by Gasteiger charge is 2.34. The van der Waals surface area contributed by atoms with Crippen LogP contribution in [0.4, 0.5) is 0 Å². The number of nitrogens with zero attached hydrogens (tertiary/aromatic N) is 3. The third-order valence-corrected chi connectivity index (χ3v) is 5.20. The molecule has 1 atom stereocenters. The molecule has 1 fully saturated rings. The van der Waals surface area contributed by atoms with E-state index in [1.807, 2.05) is 48.2 Å². The molecule has 0 N–H and O–H groups in total. The third-order valence-electron chi connectivity index (χ3n) is 5.20. The smallest absolute Gasteiger partial charge is 0.232 e. The summed E-state index contributed by atoms with van der Waals surface area (Å²) < 4.78 is 21.7. The maximum absolute atomic E-state index is 12.6. The van der Waals surface area contributed by atoms with Crippen molar-refractivity contribution in [2.75, 3.05) is 27.4 Å². The van der Waals surface area contributed by atoms with Gasteiger partial charge in [0, 0.05) is 31.1 Å². The van der Waals surface area contributed by atoms with Gasteiger partial charge in [0.05, 0.1) is 26.7 Å². The van der Waals surface area contributed by atoms with Gasteiger partial charge in [0.2, 0.25) is 17.6 Å². The number of hydrogen-bond acceptors (Lipinski definition) is 7. The Hall–Kier alpha value is -3.55. The van der Waals surface area contributed by atoms with Crippen molar-refractivity contribution in [1.29, 1.82) is 0 Å². The second kappa shape index (κ2) is 9.07. The predicted octanol–water partition coefficient (Wildman–Crippen LogP) is 3.67. The first-order valence-corrected chi connectivity index (χ1v) is 10.2. The lowest BCUT2D eigenvalue weighted by atomic mass is 10.1. The van der Waals surface area contributed by atoms with Gasteiger partial charge in [-0.1, -0.05) is 17.3 Å². The molecule has 0 radical (unpaired) electrons. The molecule has 1 saturated heterocycles. The van der Waals surface area contributed by atoms with E-state index in [0.29, 0.717) is 49.3 Å². The van der Waals surface area contributed by atoms with Crippen LogP contribution in [0, 0.1) is 0 Å². The fourth-order valence-corrected chi connectivity index (χ4v) is 3.67. The van der Waals surface area contributed by atoms with Crippen LogP contribution in [0.25, 0.3) is 11.4 Å². The average Bonchev–Trinajstić information content (AvgIpc) is 3.41. The zero-order valence-electron chi connectivity index (χ0n) is 17.8. The summed E-state index contributed by atoms with van der Waals surface area (Å²) >= 11 is 0. The zero-order chi connectivity index (χ0) is 21.8. The van der Waals surface area contributed by atoms with Crippen LogP contribution in [-0.4, -0.2) is 48.3 Å². The summed E-state index contributed by atoms with van der Waals surface area (Å²) in [5, 5.41) is 4.10. The average molecular weight is 423 g/mol. The number of likely N-dealkylation sites (tertiary alicyclic amines) is 1. The molecule has 8 nitrogen and oxygen atoms in total. The highest BCUT2D eigenvalue weighted by Crippen LogP contribution is 2.32. The quantitative estimate of drug-likeness (QED) is 0.546. The summed E-state index contributed by atoms with van der Waals surface area (Å²) in [5.41, 5.74) is 1.75. The van der Waals surface area contributed by atoms with E-state index in [1.54, 1.807) is 20.3 Å². The number of benzene rings is 2. The predicted molar refractivity (Wildman–Crippen MR) is 113 cm³/mol. The number of aromatic nitrogens is 2. The van der Waals surface area contributed by atoms with Crippen molar-refractivity contribution in [2.45, 2.75) is 25.8 Å². The molecule has 1 aliphatic rings. The Labute approximate surface area is 180 Å². The van der Waals surface area contributed by atoms with Crippen molar-refractivity contribution in [3.8, 4) is 28.6 Å². The van der Waals surface area contributed by atoms with Gasteiger partial charge in [0.25, 0.3) is 0 Å². The van der Waals surface area contributed by atoms with Crippen LogP contribution in [0.3, 0.4) is 0 Å². The summed E-state index contributed by atoms with van der Waals surface area (Å²) in [7, 11) is 3.17. The van der Waals surface area contributed by atoms with Gasteiger partial charge in [-0.2, -0.15) is 4.98 Å². The fourth-order valence-electron chi connectivity index (χ4n) is 3.67. The lowest BCUT2D eigenvalue weighted by Gasteiger charge is -2.16. The second-order valence-corrected chi connectivity index (χ2v) is 7.31. The monoisotopic (exact) mass is 423 g/mol. The Morgan fingerprint density at radius 1 is 1.10 bits per heavy atom. The van der Waals surface area contributed by atoms with Crippen LogP contribution in [0.2, 0.25) is 0 Å². The molecule has 0 bridgehead atoms. The topological polar surface area (TPSA) is 86.9 Å². The Balaban J connectivity index is 1.48. The lowest BCUT2D eigenvalue weighted by molar-refractivity contribution is -0.128. The molecule has 1 aliphatic heterocycles. The molecule has 0 aliphatic carbocycles. The zero-order valence-corrected chi connectivity index (χ0v) is 17.8. The molecule has 2 heterocycles. The van der Waals surface area contributed by atoms with E-state index in [9.17, 15) is 4.79 Å². The van der Waals surface area contributed by atoms with Crippen LogP contribution >= 0.6 is 0 Å². The van der Waals surface area contributed by atoms with E-state index >= 15 is 0 Å². The fraction of sp³-hybridized carbons (Fsp3) is 0.348. The van der Waals surface area contributed by atoms with Gasteiger partial charge in [0.1, 0.15) is 17.2 Å². The summed E-state index contributed by atoms with van der Waals surface area (Å²) in [6, 6.07) is 13.2. The van der Waals surface area contributed by atoms with Crippen molar-refractivity contribution >= 4 is 5.91 Å². The molecular formula is C23H25N3O5. The van der Waals surface area contributed by atoms with Crippen molar-refractivity contribution in [3.05, 3.63) is 53.9 Å². The van der Waals surface area contributed by atoms with Gasteiger partial charge < -0.3 is 23.6 Å². The minimum atomic E-state index is -0.142. The van der Waals surface area contributed by atoms with Crippen LogP contribution < -0.4 is 14.2 Å². The van der Waals surface area contributed by atoms with Gasteiger partial charge in [-0.3, -0.25) is 4.79 Å². The van der Waals surface area contributed by atoms with Gasteiger partial charge >= 0.3 is 0 Å². The second-order valence-electron chi connectivity index (χ2n) is 7.31. The first kappa shape index (κ1) is 20.7. The number of ether oxygens (including phenoxy) is 3. The van der Waals surface area contributed by atoms with Gasteiger partial charge in [0.15, 0.2) is 0 Å². The van der Waals surface area contributed by atoms with E-state index in [0.717, 1.165) is 16.9 Å². The molecule has 31 heavy (non-hydrogen) atoms. The first-order chi connectivity index (χ1) is 15.1. The van der Waals surface area contributed by atoms with Crippen molar-refractivity contribution in [2.24, 2.45) is 0 Å². The van der Waals surface area contributed by atoms with Crippen molar-refractivity contribution < 1.29 is 23.5 Å². The number of amides is 1. The van der Waals surface area contributed by atoms with E-state index in [4.69, 9.17) is 18.7 Å². The Kier molecular flexibility index (Phi) is 6.06. The standard InChI is InChI=1S/C23H25N3O5/c1-4-30-18-7-5-6-15(8-18)13-26-14-17(11-21(26)27)23-24-22(25-31-23)16-9-19(28-2)12-20(10-16)29-3/h5-10,12,17H,4,11,13-14H2,1-3H3. The molecule has 3 aromatic rings. The van der Waals surface area contributed by atoms with E-state index in [1.165, 1.54) is 0 Å².